The first kappa shape index (κ1) is 16.3. The molecule has 0 saturated carbocycles. The second-order valence-electron chi connectivity index (χ2n) is 4.71. The van der Waals surface area contributed by atoms with Crippen molar-refractivity contribution < 1.29 is 12.6 Å². The van der Waals surface area contributed by atoms with Gasteiger partial charge in [0.1, 0.15) is 0 Å². The van der Waals surface area contributed by atoms with E-state index in [1.165, 1.54) is 12.1 Å². The monoisotopic (exact) mass is 344 g/mol. The number of rotatable bonds is 4. The molecule has 2 aromatic rings. The molecule has 0 heterocycles. The minimum atomic E-state index is -3.84. The second-order valence-corrected chi connectivity index (χ2v) is 7.15. The molecule has 2 rings (SSSR count). The van der Waals surface area contributed by atoms with E-state index in [0.717, 1.165) is 5.56 Å². The maximum Gasteiger partial charge on any atom is 0.297 e. The van der Waals surface area contributed by atoms with Gasteiger partial charge in [0, 0.05) is 10.0 Å². The molecule has 2 aromatic carbocycles. The Morgan fingerprint density at radius 1 is 1.00 bits per heavy atom. The molecular weight excluding hydrogens is 331 g/mol. The van der Waals surface area contributed by atoms with Crippen LogP contribution in [0.1, 0.15) is 24.2 Å². The predicted octanol–water partition coefficient (Wildman–Crippen LogP) is 4.77. The SMILES string of the molecule is Cc1ccc(S(=O)(=O)OC(C)c2cc(Cl)cc(Cl)c2)cc1. The highest BCUT2D eigenvalue weighted by Gasteiger charge is 2.20. The van der Waals surface area contributed by atoms with Gasteiger partial charge in [-0.3, -0.25) is 4.18 Å². The van der Waals surface area contributed by atoms with E-state index >= 15 is 0 Å². The summed E-state index contributed by atoms with van der Waals surface area (Å²) in [4.78, 5) is 0.119. The first-order valence-corrected chi connectivity index (χ1v) is 8.40. The van der Waals surface area contributed by atoms with Gasteiger partial charge in [-0.25, -0.2) is 0 Å². The molecule has 0 aliphatic rings. The Kier molecular flexibility index (Phi) is 4.94. The first-order valence-electron chi connectivity index (χ1n) is 6.24. The van der Waals surface area contributed by atoms with Crippen LogP contribution >= 0.6 is 23.2 Å². The molecule has 1 unspecified atom stereocenters. The number of hydrogen-bond acceptors (Lipinski definition) is 3. The van der Waals surface area contributed by atoms with Crippen LogP contribution in [-0.4, -0.2) is 8.42 Å². The van der Waals surface area contributed by atoms with Gasteiger partial charge in [0.2, 0.25) is 0 Å². The van der Waals surface area contributed by atoms with E-state index in [9.17, 15) is 8.42 Å². The number of halogens is 2. The third-order valence-electron chi connectivity index (χ3n) is 2.93. The molecule has 0 bridgehead atoms. The number of benzene rings is 2. The van der Waals surface area contributed by atoms with E-state index in [0.29, 0.717) is 15.6 Å². The summed E-state index contributed by atoms with van der Waals surface area (Å²) < 4.78 is 29.6. The standard InChI is InChI=1S/C15H14Cl2O3S/c1-10-3-5-15(6-4-10)21(18,19)20-11(2)12-7-13(16)9-14(17)8-12/h3-9,11H,1-2H3. The Balaban J connectivity index is 2.25. The molecule has 21 heavy (non-hydrogen) atoms. The molecule has 3 nitrogen and oxygen atoms in total. The van der Waals surface area contributed by atoms with Gasteiger partial charge in [0.25, 0.3) is 10.1 Å². The summed E-state index contributed by atoms with van der Waals surface area (Å²) in [6.07, 6.45) is -0.687. The zero-order chi connectivity index (χ0) is 15.6. The quantitative estimate of drug-likeness (QED) is 0.750. The maximum atomic E-state index is 12.2. The van der Waals surface area contributed by atoms with Crippen LogP contribution < -0.4 is 0 Å². The smallest absolute Gasteiger partial charge is 0.258 e. The molecule has 0 amide bonds. The third-order valence-corrected chi connectivity index (χ3v) is 4.76. The van der Waals surface area contributed by atoms with Gasteiger partial charge >= 0.3 is 0 Å². The van der Waals surface area contributed by atoms with E-state index in [1.54, 1.807) is 37.3 Å². The van der Waals surface area contributed by atoms with Crippen molar-refractivity contribution in [3.8, 4) is 0 Å². The summed E-state index contributed by atoms with van der Waals surface area (Å²) in [6, 6.07) is 11.3. The largest absolute Gasteiger partial charge is 0.297 e. The van der Waals surface area contributed by atoms with Gasteiger partial charge in [-0.1, -0.05) is 40.9 Å². The van der Waals surface area contributed by atoms with Gasteiger partial charge in [0.05, 0.1) is 11.0 Å². The van der Waals surface area contributed by atoms with Gasteiger partial charge in [-0.15, -0.1) is 0 Å². The lowest BCUT2D eigenvalue weighted by Crippen LogP contribution is -2.10. The third kappa shape index (κ3) is 4.20. The lowest BCUT2D eigenvalue weighted by Gasteiger charge is -2.14. The van der Waals surface area contributed by atoms with Crippen molar-refractivity contribution >= 4 is 33.3 Å². The van der Waals surface area contributed by atoms with Crippen molar-refractivity contribution in [3.63, 3.8) is 0 Å². The van der Waals surface area contributed by atoms with Crippen LogP contribution in [0.15, 0.2) is 47.4 Å². The van der Waals surface area contributed by atoms with E-state index < -0.39 is 16.2 Å². The highest BCUT2D eigenvalue weighted by atomic mass is 35.5. The lowest BCUT2D eigenvalue weighted by atomic mass is 10.1. The number of hydrogen-bond donors (Lipinski definition) is 0. The molecule has 0 radical (unpaired) electrons. The van der Waals surface area contributed by atoms with Crippen LogP contribution in [0, 0.1) is 6.92 Å². The van der Waals surface area contributed by atoms with Crippen LogP contribution in [0.2, 0.25) is 10.0 Å². The van der Waals surface area contributed by atoms with Crippen molar-refractivity contribution in [2.45, 2.75) is 24.8 Å². The molecule has 0 saturated heterocycles. The molecule has 0 aliphatic heterocycles. The zero-order valence-electron chi connectivity index (χ0n) is 11.5. The normalized spacial score (nSPS) is 13.1. The van der Waals surface area contributed by atoms with Crippen LogP contribution in [-0.2, 0) is 14.3 Å². The molecule has 0 aliphatic carbocycles. The molecule has 0 fully saturated rings. The fourth-order valence-corrected chi connectivity index (χ4v) is 3.43. The Morgan fingerprint density at radius 3 is 2.05 bits per heavy atom. The molecule has 0 spiro atoms. The molecule has 6 heteroatoms. The summed E-state index contributed by atoms with van der Waals surface area (Å²) in [5.41, 5.74) is 1.58. The zero-order valence-corrected chi connectivity index (χ0v) is 13.8. The first-order chi connectivity index (χ1) is 9.78. The summed E-state index contributed by atoms with van der Waals surface area (Å²) >= 11 is 11.8. The minimum Gasteiger partial charge on any atom is -0.258 e. The summed E-state index contributed by atoms with van der Waals surface area (Å²) in [5, 5.41) is 0.862. The van der Waals surface area contributed by atoms with Crippen molar-refractivity contribution in [1.82, 2.24) is 0 Å². The van der Waals surface area contributed by atoms with E-state index in [-0.39, 0.29) is 4.90 Å². The summed E-state index contributed by atoms with van der Waals surface area (Å²) in [6.45, 7) is 3.52. The highest BCUT2D eigenvalue weighted by molar-refractivity contribution is 7.86. The molecule has 0 N–H and O–H groups in total. The van der Waals surface area contributed by atoms with Crippen molar-refractivity contribution in [2.75, 3.05) is 0 Å². The van der Waals surface area contributed by atoms with Crippen LogP contribution in [0.3, 0.4) is 0 Å². The Labute approximate surface area is 134 Å². The van der Waals surface area contributed by atoms with E-state index in [2.05, 4.69) is 0 Å². The molecular formula is C15H14Cl2O3S. The summed E-state index contributed by atoms with van der Waals surface area (Å²) in [5.74, 6) is 0. The van der Waals surface area contributed by atoms with Crippen molar-refractivity contribution in [2.24, 2.45) is 0 Å². The molecule has 0 aromatic heterocycles. The Hall–Kier alpha value is -1.07. The highest BCUT2D eigenvalue weighted by Crippen LogP contribution is 2.28. The maximum absolute atomic E-state index is 12.2. The van der Waals surface area contributed by atoms with E-state index in [1.807, 2.05) is 6.92 Å². The lowest BCUT2D eigenvalue weighted by molar-refractivity contribution is 0.234. The van der Waals surface area contributed by atoms with E-state index in [4.69, 9.17) is 27.4 Å². The summed E-state index contributed by atoms with van der Waals surface area (Å²) in [7, 11) is -3.84. The number of aryl methyl sites for hydroxylation is 1. The average molecular weight is 345 g/mol. The fourth-order valence-electron chi connectivity index (χ4n) is 1.82. The fraction of sp³-hybridized carbons (Fsp3) is 0.200. The molecule has 1 atom stereocenters. The second kappa shape index (κ2) is 6.36. The van der Waals surface area contributed by atoms with Crippen molar-refractivity contribution in [1.29, 1.82) is 0 Å². The van der Waals surface area contributed by atoms with Crippen molar-refractivity contribution in [3.05, 3.63) is 63.6 Å². The van der Waals surface area contributed by atoms with Crippen LogP contribution in [0.4, 0.5) is 0 Å². The predicted molar refractivity (Wildman–Crippen MR) is 84.3 cm³/mol. The topological polar surface area (TPSA) is 43.4 Å². The van der Waals surface area contributed by atoms with Gasteiger partial charge in [-0.2, -0.15) is 8.42 Å². The van der Waals surface area contributed by atoms with Crippen LogP contribution in [0.5, 0.6) is 0 Å². The Morgan fingerprint density at radius 2 is 1.52 bits per heavy atom. The Bertz CT molecular complexity index is 720. The van der Waals surface area contributed by atoms with Gasteiger partial charge in [0.15, 0.2) is 0 Å². The van der Waals surface area contributed by atoms with Crippen LogP contribution in [0.25, 0.3) is 0 Å². The molecule has 112 valence electrons. The van der Waals surface area contributed by atoms with Gasteiger partial charge in [-0.05, 0) is 49.7 Å². The average Bonchev–Trinajstić information content (AvgIpc) is 2.37. The van der Waals surface area contributed by atoms with Gasteiger partial charge < -0.3 is 0 Å². The minimum absolute atomic E-state index is 0.119.